The highest BCUT2D eigenvalue weighted by Crippen LogP contribution is 2.28. The van der Waals surface area contributed by atoms with Gasteiger partial charge in [0.05, 0.1) is 5.69 Å². The number of rotatable bonds is 4. The first-order valence-electron chi connectivity index (χ1n) is 8.37. The quantitative estimate of drug-likeness (QED) is 0.776. The van der Waals surface area contributed by atoms with Crippen LogP contribution in [0.4, 0.5) is 23.4 Å². The number of hydrogen-bond donors (Lipinski definition) is 0. The van der Waals surface area contributed by atoms with E-state index in [1.807, 2.05) is 16.7 Å². The van der Waals surface area contributed by atoms with Crippen LogP contribution in [0.3, 0.4) is 0 Å². The highest BCUT2D eigenvalue weighted by atomic mass is 19.4. The predicted molar refractivity (Wildman–Crippen MR) is 88.1 cm³/mol. The summed E-state index contributed by atoms with van der Waals surface area (Å²) in [6.45, 7) is 4.54. The van der Waals surface area contributed by atoms with E-state index < -0.39 is 17.7 Å². The molecule has 0 radical (unpaired) electrons. The Hall–Kier alpha value is -2.29. The van der Waals surface area contributed by atoms with Gasteiger partial charge in [-0.05, 0) is 24.1 Å². The molecule has 1 saturated heterocycles. The summed E-state index contributed by atoms with van der Waals surface area (Å²) in [5.41, 5.74) is 0.0555. The fraction of sp³-hybridized carbons (Fsp3) is 0.471. The number of halogens is 4. The third-order valence-corrected chi connectivity index (χ3v) is 4.37. The highest BCUT2D eigenvalue weighted by molar-refractivity contribution is 5.41. The molecular formula is C17H19F4N5. The average Bonchev–Trinajstić information content (AvgIpc) is 2.62. The molecule has 0 aromatic carbocycles. The fourth-order valence-corrected chi connectivity index (χ4v) is 2.97. The van der Waals surface area contributed by atoms with Gasteiger partial charge in [-0.15, -0.1) is 0 Å². The lowest BCUT2D eigenvalue weighted by atomic mass is 10.2. The second-order valence-electron chi connectivity index (χ2n) is 6.12. The summed E-state index contributed by atoms with van der Waals surface area (Å²) in [5, 5.41) is 0. The fourth-order valence-electron chi connectivity index (χ4n) is 2.97. The zero-order valence-electron chi connectivity index (χ0n) is 14.3. The molecule has 0 bridgehead atoms. The van der Waals surface area contributed by atoms with Crippen molar-refractivity contribution < 1.29 is 17.6 Å². The van der Waals surface area contributed by atoms with Gasteiger partial charge in [0.25, 0.3) is 0 Å². The summed E-state index contributed by atoms with van der Waals surface area (Å²) in [6.07, 6.45) is -1.42. The molecule has 3 heterocycles. The first-order chi connectivity index (χ1) is 12.4. The van der Waals surface area contributed by atoms with Crippen molar-refractivity contribution in [3.63, 3.8) is 0 Å². The number of nitrogens with zero attached hydrogens (tertiary/aromatic N) is 5. The van der Waals surface area contributed by atoms with Crippen LogP contribution in [0.1, 0.15) is 23.9 Å². The molecule has 26 heavy (non-hydrogen) atoms. The molecule has 9 heteroatoms. The Balaban J connectivity index is 1.63. The molecule has 0 unspecified atom stereocenters. The van der Waals surface area contributed by atoms with Gasteiger partial charge in [-0.1, -0.05) is 6.92 Å². The number of hydrogen-bond acceptors (Lipinski definition) is 5. The largest absolute Gasteiger partial charge is 0.433 e. The summed E-state index contributed by atoms with van der Waals surface area (Å²) in [6, 6.07) is 2.66. The summed E-state index contributed by atoms with van der Waals surface area (Å²) in [7, 11) is 0. The van der Waals surface area contributed by atoms with E-state index in [4.69, 9.17) is 0 Å². The Labute approximate surface area is 148 Å². The average molecular weight is 369 g/mol. The van der Waals surface area contributed by atoms with E-state index in [2.05, 4.69) is 15.0 Å². The number of aromatic nitrogens is 3. The van der Waals surface area contributed by atoms with Gasteiger partial charge < -0.3 is 4.90 Å². The second-order valence-corrected chi connectivity index (χ2v) is 6.12. The summed E-state index contributed by atoms with van der Waals surface area (Å²) >= 11 is 0. The van der Waals surface area contributed by atoms with Gasteiger partial charge in [0.1, 0.15) is 12.0 Å². The number of aryl methyl sites for hydroxylation is 1. The van der Waals surface area contributed by atoms with Gasteiger partial charge in [-0.2, -0.15) is 13.2 Å². The molecule has 0 spiro atoms. The molecule has 5 nitrogen and oxygen atoms in total. The lowest BCUT2D eigenvalue weighted by molar-refractivity contribution is -0.141. The summed E-state index contributed by atoms with van der Waals surface area (Å²) in [5.74, 6) is -0.104. The van der Waals surface area contributed by atoms with E-state index in [0.717, 1.165) is 6.07 Å². The second kappa shape index (κ2) is 7.53. The van der Waals surface area contributed by atoms with Crippen LogP contribution in [0.25, 0.3) is 0 Å². The number of piperazine rings is 1. The van der Waals surface area contributed by atoms with E-state index in [0.29, 0.717) is 56.2 Å². The van der Waals surface area contributed by atoms with Gasteiger partial charge >= 0.3 is 6.18 Å². The van der Waals surface area contributed by atoms with Crippen LogP contribution in [0.15, 0.2) is 24.7 Å². The SMILES string of the molecule is CCc1ncnc(N2CCN(Cc3ccnc(C(F)(F)F)c3)CC2)c1F. The summed E-state index contributed by atoms with van der Waals surface area (Å²) in [4.78, 5) is 15.2. The zero-order chi connectivity index (χ0) is 18.7. The molecule has 0 aliphatic carbocycles. The van der Waals surface area contributed by atoms with E-state index in [1.54, 1.807) is 6.07 Å². The molecule has 0 amide bonds. The van der Waals surface area contributed by atoms with E-state index in [-0.39, 0.29) is 0 Å². The van der Waals surface area contributed by atoms with Crippen molar-refractivity contribution in [3.05, 3.63) is 47.4 Å². The maximum absolute atomic E-state index is 14.4. The van der Waals surface area contributed by atoms with Crippen molar-refractivity contribution in [2.75, 3.05) is 31.1 Å². The molecular weight excluding hydrogens is 350 g/mol. The molecule has 0 atom stereocenters. The third kappa shape index (κ3) is 4.09. The van der Waals surface area contributed by atoms with Crippen LogP contribution < -0.4 is 4.90 Å². The number of anilines is 1. The van der Waals surface area contributed by atoms with Crippen LogP contribution >= 0.6 is 0 Å². The Morgan fingerprint density at radius 2 is 1.81 bits per heavy atom. The lowest BCUT2D eigenvalue weighted by Gasteiger charge is -2.35. The Morgan fingerprint density at radius 3 is 2.46 bits per heavy atom. The Bertz CT molecular complexity index is 757. The molecule has 1 fully saturated rings. The van der Waals surface area contributed by atoms with E-state index >= 15 is 0 Å². The van der Waals surface area contributed by atoms with Crippen molar-refractivity contribution in [2.45, 2.75) is 26.1 Å². The van der Waals surface area contributed by atoms with Crippen LogP contribution in [0.5, 0.6) is 0 Å². The molecule has 1 aliphatic rings. The van der Waals surface area contributed by atoms with Crippen LogP contribution in [-0.2, 0) is 19.1 Å². The predicted octanol–water partition coefficient (Wildman–Crippen LogP) is 2.91. The van der Waals surface area contributed by atoms with Crippen LogP contribution in [0, 0.1) is 5.82 Å². The minimum absolute atomic E-state index is 0.291. The van der Waals surface area contributed by atoms with Crippen molar-refractivity contribution >= 4 is 5.82 Å². The van der Waals surface area contributed by atoms with Gasteiger partial charge in [0.2, 0.25) is 0 Å². The van der Waals surface area contributed by atoms with E-state index in [1.165, 1.54) is 12.5 Å². The van der Waals surface area contributed by atoms with Gasteiger partial charge in [0, 0.05) is 38.9 Å². The molecule has 1 aliphatic heterocycles. The molecule has 2 aromatic rings. The van der Waals surface area contributed by atoms with Gasteiger partial charge in [0.15, 0.2) is 11.6 Å². The Kier molecular flexibility index (Phi) is 5.36. The first kappa shape index (κ1) is 18.5. The third-order valence-electron chi connectivity index (χ3n) is 4.37. The minimum Gasteiger partial charge on any atom is -0.352 e. The molecule has 0 saturated carbocycles. The maximum Gasteiger partial charge on any atom is 0.433 e. The standard InChI is InChI=1S/C17H19F4N5/c1-2-13-15(18)16(24-11-23-13)26-7-5-25(6-8-26)10-12-3-4-22-14(9-12)17(19,20)21/h3-4,9,11H,2,5-8,10H2,1H3. The number of pyridine rings is 1. The van der Waals surface area contributed by atoms with Crippen molar-refractivity contribution in [1.29, 1.82) is 0 Å². The maximum atomic E-state index is 14.4. The van der Waals surface area contributed by atoms with Crippen molar-refractivity contribution in [1.82, 2.24) is 19.9 Å². The minimum atomic E-state index is -4.45. The normalized spacial score (nSPS) is 16.1. The smallest absolute Gasteiger partial charge is 0.352 e. The van der Waals surface area contributed by atoms with Crippen molar-refractivity contribution in [2.24, 2.45) is 0 Å². The zero-order valence-corrected chi connectivity index (χ0v) is 14.3. The Morgan fingerprint density at radius 1 is 1.08 bits per heavy atom. The summed E-state index contributed by atoms with van der Waals surface area (Å²) < 4.78 is 52.6. The van der Waals surface area contributed by atoms with Crippen molar-refractivity contribution in [3.8, 4) is 0 Å². The topological polar surface area (TPSA) is 45.2 Å². The molecule has 2 aromatic heterocycles. The molecule has 140 valence electrons. The highest BCUT2D eigenvalue weighted by Gasteiger charge is 2.32. The van der Waals surface area contributed by atoms with Gasteiger partial charge in [-0.25, -0.2) is 14.4 Å². The van der Waals surface area contributed by atoms with Crippen LogP contribution in [-0.4, -0.2) is 46.0 Å². The number of alkyl halides is 3. The van der Waals surface area contributed by atoms with E-state index in [9.17, 15) is 17.6 Å². The molecule has 3 rings (SSSR count). The molecule has 0 N–H and O–H groups in total. The van der Waals surface area contributed by atoms with Gasteiger partial charge in [-0.3, -0.25) is 9.88 Å². The lowest BCUT2D eigenvalue weighted by Crippen LogP contribution is -2.46. The van der Waals surface area contributed by atoms with Crippen LogP contribution in [0.2, 0.25) is 0 Å². The monoisotopic (exact) mass is 369 g/mol. The first-order valence-corrected chi connectivity index (χ1v) is 8.37.